The maximum Gasteiger partial charge on any atom is 0.255 e. The molecule has 3 amide bonds. The lowest BCUT2D eigenvalue weighted by Crippen LogP contribution is -2.45. The average molecular weight is 572 g/mol. The highest BCUT2D eigenvalue weighted by Crippen LogP contribution is 2.22. The second kappa shape index (κ2) is 13.3. The fourth-order valence-corrected chi connectivity index (χ4v) is 5.07. The Bertz CT molecular complexity index is 1560. The molecule has 1 aliphatic heterocycles. The number of nitrogens with zero attached hydrogens (tertiary/aromatic N) is 4. The van der Waals surface area contributed by atoms with E-state index in [1.807, 2.05) is 49.6 Å². The van der Waals surface area contributed by atoms with Crippen LogP contribution in [0.1, 0.15) is 53.4 Å². The fraction of sp³-hybridized carbons (Fsp3) is 0.387. The molecule has 0 aliphatic carbocycles. The molecular weight excluding hydrogens is 534 g/mol. The number of para-hydroxylation sites is 1. The van der Waals surface area contributed by atoms with Gasteiger partial charge in [-0.2, -0.15) is 0 Å². The van der Waals surface area contributed by atoms with Gasteiger partial charge in [-0.15, -0.1) is 5.10 Å². The van der Waals surface area contributed by atoms with E-state index >= 15 is 0 Å². The van der Waals surface area contributed by atoms with Gasteiger partial charge in [0.1, 0.15) is 17.5 Å². The van der Waals surface area contributed by atoms with Gasteiger partial charge in [0.15, 0.2) is 0 Å². The molecule has 11 nitrogen and oxygen atoms in total. The zero-order chi connectivity index (χ0) is 29.5. The number of hydrogen-bond donors (Lipinski definition) is 3. The van der Waals surface area contributed by atoms with E-state index in [0.29, 0.717) is 75.5 Å². The van der Waals surface area contributed by atoms with Crippen molar-refractivity contribution in [2.75, 3.05) is 19.7 Å². The molecule has 11 heteroatoms. The maximum atomic E-state index is 13.4. The highest BCUT2D eigenvalue weighted by atomic mass is 16.5. The molecule has 3 heterocycles. The average Bonchev–Trinajstić information content (AvgIpc) is 3.61. The standard InChI is InChI=1S/C31H37N7O4/c1-21-9-11-26-28(17-21)42-16-6-15-38-20-24(35-36-38)19-37(14-5-13-32-30(40)22(2)34-31(26)41)29(39)12-10-23-18-33-27-8-4-3-7-25(23)27/h3-4,7-9,11,17-18,20,22,33H,5-6,10,12-16,19H2,1-2H3,(H,32,40)(H,34,41)/t22-/m1/s1. The molecule has 0 radical (unpaired) electrons. The number of benzene rings is 2. The summed E-state index contributed by atoms with van der Waals surface area (Å²) in [5, 5.41) is 15.3. The summed E-state index contributed by atoms with van der Waals surface area (Å²) in [6.45, 7) is 5.65. The smallest absolute Gasteiger partial charge is 0.255 e. The van der Waals surface area contributed by atoms with Gasteiger partial charge in [-0.25, -0.2) is 0 Å². The van der Waals surface area contributed by atoms with E-state index < -0.39 is 6.04 Å². The summed E-state index contributed by atoms with van der Waals surface area (Å²) in [7, 11) is 0. The predicted octanol–water partition coefficient (Wildman–Crippen LogP) is 3.14. The third-order valence-electron chi connectivity index (χ3n) is 7.39. The van der Waals surface area contributed by atoms with Gasteiger partial charge >= 0.3 is 0 Å². The second-order valence-corrected chi connectivity index (χ2v) is 10.7. The van der Waals surface area contributed by atoms with Crippen LogP contribution in [0.2, 0.25) is 0 Å². The van der Waals surface area contributed by atoms with Gasteiger partial charge in [0.05, 0.1) is 24.9 Å². The van der Waals surface area contributed by atoms with Crippen LogP contribution in [0.5, 0.6) is 5.75 Å². The van der Waals surface area contributed by atoms with Gasteiger partial charge in [0.2, 0.25) is 11.8 Å². The van der Waals surface area contributed by atoms with Gasteiger partial charge in [-0.05, 0) is 56.0 Å². The third-order valence-corrected chi connectivity index (χ3v) is 7.39. The number of hydrogen-bond acceptors (Lipinski definition) is 6. The van der Waals surface area contributed by atoms with E-state index in [1.165, 1.54) is 0 Å². The number of amides is 3. The van der Waals surface area contributed by atoms with Crippen molar-refractivity contribution in [1.82, 2.24) is 35.5 Å². The zero-order valence-electron chi connectivity index (χ0n) is 24.1. The zero-order valence-corrected chi connectivity index (χ0v) is 24.1. The Morgan fingerprint density at radius 3 is 2.86 bits per heavy atom. The van der Waals surface area contributed by atoms with Crippen molar-refractivity contribution in [2.45, 2.75) is 58.7 Å². The number of carbonyl (C=O) groups is 3. The molecule has 42 heavy (non-hydrogen) atoms. The van der Waals surface area contributed by atoms with Crippen LogP contribution in [0.25, 0.3) is 10.9 Å². The van der Waals surface area contributed by atoms with Crippen molar-refractivity contribution >= 4 is 28.6 Å². The number of aromatic nitrogens is 4. The van der Waals surface area contributed by atoms with Crippen molar-refractivity contribution in [3.8, 4) is 5.75 Å². The lowest BCUT2D eigenvalue weighted by molar-refractivity contribution is -0.131. The molecule has 0 saturated carbocycles. The first-order valence-electron chi connectivity index (χ1n) is 14.4. The van der Waals surface area contributed by atoms with Gasteiger partial charge in [0.25, 0.3) is 5.91 Å². The normalized spacial score (nSPS) is 17.3. The Kier molecular flexibility index (Phi) is 9.15. The Hall–Kier alpha value is -4.67. The Balaban J connectivity index is 1.28. The second-order valence-electron chi connectivity index (χ2n) is 10.7. The molecule has 0 spiro atoms. The molecule has 0 fully saturated rings. The van der Waals surface area contributed by atoms with E-state index in [-0.39, 0.29) is 17.7 Å². The highest BCUT2D eigenvalue weighted by Gasteiger charge is 2.21. The van der Waals surface area contributed by atoms with Crippen LogP contribution >= 0.6 is 0 Å². The van der Waals surface area contributed by atoms with Crippen LogP contribution in [0, 0.1) is 6.92 Å². The molecule has 5 rings (SSSR count). The molecule has 0 saturated heterocycles. The minimum absolute atomic E-state index is 0.00846. The fourth-order valence-electron chi connectivity index (χ4n) is 5.07. The van der Waals surface area contributed by atoms with Crippen molar-refractivity contribution in [1.29, 1.82) is 0 Å². The molecule has 3 N–H and O–H groups in total. The van der Waals surface area contributed by atoms with E-state index in [4.69, 9.17) is 4.74 Å². The molecule has 2 bridgehead atoms. The topological polar surface area (TPSA) is 134 Å². The first kappa shape index (κ1) is 28.8. The third kappa shape index (κ3) is 7.15. The maximum absolute atomic E-state index is 13.4. The van der Waals surface area contributed by atoms with E-state index in [1.54, 1.807) is 22.6 Å². The number of aryl methyl sites for hydroxylation is 3. The SMILES string of the molecule is Cc1ccc2c(c1)OCCCn1cc(nn1)CN(C(=O)CCc1c[nH]c3ccccc13)CCCNC(=O)[C@@H](C)NC2=O. The van der Waals surface area contributed by atoms with Crippen molar-refractivity contribution < 1.29 is 19.1 Å². The molecule has 0 unspecified atom stereocenters. The van der Waals surface area contributed by atoms with E-state index in [2.05, 4.69) is 32.0 Å². The number of ether oxygens (including phenoxy) is 1. The number of rotatable bonds is 3. The summed E-state index contributed by atoms with van der Waals surface area (Å²) in [4.78, 5) is 44.2. The van der Waals surface area contributed by atoms with E-state index in [0.717, 1.165) is 22.0 Å². The van der Waals surface area contributed by atoms with Gasteiger partial charge < -0.3 is 25.3 Å². The van der Waals surface area contributed by atoms with Crippen LogP contribution in [0.3, 0.4) is 0 Å². The Morgan fingerprint density at radius 1 is 1.12 bits per heavy atom. The van der Waals surface area contributed by atoms with Crippen LogP contribution in [0.4, 0.5) is 0 Å². The molecular formula is C31H37N7O4. The first-order chi connectivity index (χ1) is 20.4. The monoisotopic (exact) mass is 571 g/mol. The minimum atomic E-state index is -0.739. The molecule has 1 atom stereocenters. The van der Waals surface area contributed by atoms with Crippen molar-refractivity contribution in [3.05, 3.63) is 77.2 Å². The van der Waals surface area contributed by atoms with Crippen molar-refractivity contribution in [2.24, 2.45) is 0 Å². The molecule has 4 aromatic rings. The number of nitrogens with one attached hydrogen (secondary N) is 3. The summed E-state index contributed by atoms with van der Waals surface area (Å²) >= 11 is 0. The summed E-state index contributed by atoms with van der Waals surface area (Å²) in [5.74, 6) is -0.192. The molecule has 2 aromatic heterocycles. The Morgan fingerprint density at radius 2 is 1.98 bits per heavy atom. The Labute approximate surface area is 244 Å². The number of H-pyrrole nitrogens is 1. The molecule has 1 aliphatic rings. The van der Waals surface area contributed by atoms with Crippen LogP contribution in [-0.2, 0) is 29.1 Å². The van der Waals surface area contributed by atoms with Crippen LogP contribution in [-0.4, -0.2) is 68.3 Å². The van der Waals surface area contributed by atoms with Gasteiger partial charge in [0, 0.05) is 49.6 Å². The summed E-state index contributed by atoms with van der Waals surface area (Å²) < 4.78 is 7.71. The van der Waals surface area contributed by atoms with Gasteiger partial charge in [-0.3, -0.25) is 19.1 Å². The lowest BCUT2D eigenvalue weighted by Gasteiger charge is -2.22. The largest absolute Gasteiger partial charge is 0.493 e. The summed E-state index contributed by atoms with van der Waals surface area (Å²) in [6.07, 6.45) is 5.97. The highest BCUT2D eigenvalue weighted by molar-refractivity contribution is 5.99. The quantitative estimate of drug-likeness (QED) is 0.346. The first-order valence-corrected chi connectivity index (χ1v) is 14.4. The molecule has 220 valence electrons. The minimum Gasteiger partial charge on any atom is -0.493 e. The van der Waals surface area contributed by atoms with E-state index in [9.17, 15) is 14.4 Å². The molecule has 2 aromatic carbocycles. The van der Waals surface area contributed by atoms with Crippen LogP contribution in [0.15, 0.2) is 54.9 Å². The summed E-state index contributed by atoms with van der Waals surface area (Å²) in [5.41, 5.74) is 4.19. The number of fused-ring (bicyclic) bond motifs is 4. The van der Waals surface area contributed by atoms with Crippen LogP contribution < -0.4 is 15.4 Å². The summed E-state index contributed by atoms with van der Waals surface area (Å²) in [6, 6.07) is 12.7. The number of aromatic amines is 1. The lowest BCUT2D eigenvalue weighted by atomic mass is 10.1. The van der Waals surface area contributed by atoms with Crippen molar-refractivity contribution in [3.63, 3.8) is 0 Å². The van der Waals surface area contributed by atoms with Gasteiger partial charge in [-0.1, -0.05) is 29.5 Å². The number of carbonyl (C=O) groups excluding carboxylic acids is 3. The predicted molar refractivity (Wildman–Crippen MR) is 158 cm³/mol.